The second kappa shape index (κ2) is 8.60. The van der Waals surface area contributed by atoms with Crippen LogP contribution in [0.2, 0.25) is 5.02 Å². The van der Waals surface area contributed by atoms with Crippen LogP contribution >= 0.6 is 23.8 Å². The molecule has 0 fully saturated rings. The molecule has 2 N–H and O–H groups in total. The molecular weight excluding hydrogens is 358 g/mol. The van der Waals surface area contributed by atoms with Crippen LogP contribution in [-0.4, -0.2) is 35.9 Å². The third kappa shape index (κ3) is 5.85. The molecule has 2 amide bonds. The molecule has 25 heavy (non-hydrogen) atoms. The molecule has 0 aromatic heterocycles. The minimum Gasteiger partial charge on any atom is -0.345 e. The first-order valence-electron chi connectivity index (χ1n) is 7.52. The average Bonchev–Trinajstić information content (AvgIpc) is 2.56. The van der Waals surface area contributed by atoms with Crippen molar-refractivity contribution in [2.24, 2.45) is 0 Å². The van der Waals surface area contributed by atoms with Gasteiger partial charge in [0.15, 0.2) is 5.11 Å². The highest BCUT2D eigenvalue weighted by atomic mass is 35.5. The van der Waals surface area contributed by atoms with Crippen LogP contribution in [-0.2, 0) is 11.2 Å². The summed E-state index contributed by atoms with van der Waals surface area (Å²) in [6.45, 7) is 0. The van der Waals surface area contributed by atoms with Crippen LogP contribution in [0, 0.1) is 0 Å². The van der Waals surface area contributed by atoms with Crippen LogP contribution in [0.25, 0.3) is 0 Å². The number of rotatable bonds is 4. The number of halogens is 1. The van der Waals surface area contributed by atoms with E-state index in [-0.39, 0.29) is 23.3 Å². The van der Waals surface area contributed by atoms with Crippen LogP contribution in [0.15, 0.2) is 48.5 Å². The van der Waals surface area contributed by atoms with Crippen molar-refractivity contribution >= 4 is 46.4 Å². The maximum atomic E-state index is 12.0. The molecule has 0 atom stereocenters. The van der Waals surface area contributed by atoms with Crippen molar-refractivity contribution in [2.45, 2.75) is 6.42 Å². The second-order valence-corrected chi connectivity index (χ2v) is 6.43. The van der Waals surface area contributed by atoms with E-state index < -0.39 is 0 Å². The van der Waals surface area contributed by atoms with Crippen LogP contribution in [0.1, 0.15) is 15.9 Å². The van der Waals surface area contributed by atoms with Crippen LogP contribution in [0.4, 0.5) is 5.69 Å². The molecule has 0 aliphatic heterocycles. The molecule has 0 bridgehead atoms. The van der Waals surface area contributed by atoms with Gasteiger partial charge in [-0.25, -0.2) is 0 Å². The fourth-order valence-electron chi connectivity index (χ4n) is 2.08. The highest BCUT2D eigenvalue weighted by molar-refractivity contribution is 7.80. The first kappa shape index (κ1) is 18.9. The molecule has 0 spiro atoms. The van der Waals surface area contributed by atoms with Gasteiger partial charge in [0.25, 0.3) is 5.91 Å². The standard InChI is InChI=1S/C18H18ClN3O2S/c1-22(2)17(24)13-5-9-15(10-6-13)20-18(25)21-16(23)11-12-3-7-14(19)8-4-12/h3-10H,11H2,1-2H3,(H2,20,21,23,25). The Morgan fingerprint density at radius 1 is 1.04 bits per heavy atom. The van der Waals surface area contributed by atoms with Crippen molar-refractivity contribution in [1.82, 2.24) is 10.2 Å². The van der Waals surface area contributed by atoms with Gasteiger partial charge in [0.05, 0.1) is 6.42 Å². The summed E-state index contributed by atoms with van der Waals surface area (Å²) < 4.78 is 0. The minimum atomic E-state index is -0.223. The highest BCUT2D eigenvalue weighted by Gasteiger charge is 2.09. The van der Waals surface area contributed by atoms with Gasteiger partial charge in [-0.05, 0) is 54.2 Å². The highest BCUT2D eigenvalue weighted by Crippen LogP contribution is 2.11. The van der Waals surface area contributed by atoms with E-state index in [1.54, 1.807) is 62.6 Å². The zero-order chi connectivity index (χ0) is 18.4. The number of carbonyl (C=O) groups is 2. The van der Waals surface area contributed by atoms with Crippen LogP contribution in [0.3, 0.4) is 0 Å². The summed E-state index contributed by atoms with van der Waals surface area (Å²) in [5, 5.41) is 6.36. The molecule has 0 saturated carbocycles. The number of hydrogen-bond acceptors (Lipinski definition) is 3. The number of nitrogens with zero attached hydrogens (tertiary/aromatic N) is 1. The number of thiocarbonyl (C=S) groups is 1. The SMILES string of the molecule is CN(C)C(=O)c1ccc(NC(=S)NC(=O)Cc2ccc(Cl)cc2)cc1. The van der Waals surface area contributed by atoms with Crippen molar-refractivity contribution in [2.75, 3.05) is 19.4 Å². The molecule has 0 aliphatic rings. The summed E-state index contributed by atoms with van der Waals surface area (Å²) in [5.41, 5.74) is 2.11. The first-order chi connectivity index (χ1) is 11.8. The van der Waals surface area contributed by atoms with E-state index in [1.807, 2.05) is 0 Å². The lowest BCUT2D eigenvalue weighted by Crippen LogP contribution is -2.35. The van der Waals surface area contributed by atoms with Gasteiger partial charge in [-0.3, -0.25) is 9.59 Å². The lowest BCUT2D eigenvalue weighted by Gasteiger charge is -2.12. The lowest BCUT2D eigenvalue weighted by molar-refractivity contribution is -0.119. The van der Waals surface area contributed by atoms with E-state index in [1.165, 1.54) is 4.90 Å². The van der Waals surface area contributed by atoms with Crippen molar-refractivity contribution in [3.8, 4) is 0 Å². The van der Waals surface area contributed by atoms with Crippen LogP contribution < -0.4 is 10.6 Å². The fraction of sp³-hybridized carbons (Fsp3) is 0.167. The zero-order valence-corrected chi connectivity index (χ0v) is 15.4. The predicted octanol–water partition coefficient (Wildman–Crippen LogP) is 3.10. The molecule has 2 rings (SSSR count). The van der Waals surface area contributed by atoms with E-state index in [0.29, 0.717) is 16.3 Å². The summed E-state index contributed by atoms with van der Waals surface area (Å²) in [4.78, 5) is 25.3. The van der Waals surface area contributed by atoms with Crippen molar-refractivity contribution in [3.63, 3.8) is 0 Å². The molecule has 2 aromatic carbocycles. The van der Waals surface area contributed by atoms with Crippen molar-refractivity contribution < 1.29 is 9.59 Å². The zero-order valence-electron chi connectivity index (χ0n) is 13.9. The number of carbonyl (C=O) groups excluding carboxylic acids is 2. The van der Waals surface area contributed by atoms with Crippen molar-refractivity contribution in [1.29, 1.82) is 0 Å². The molecule has 0 aliphatic carbocycles. The molecule has 0 unspecified atom stereocenters. The van der Waals surface area contributed by atoms with E-state index >= 15 is 0 Å². The quantitative estimate of drug-likeness (QED) is 0.806. The van der Waals surface area contributed by atoms with Gasteiger partial charge in [0, 0.05) is 30.4 Å². The summed E-state index contributed by atoms with van der Waals surface area (Å²) in [6, 6.07) is 13.9. The Bertz CT molecular complexity index is 774. The molecule has 0 saturated heterocycles. The fourth-order valence-corrected chi connectivity index (χ4v) is 2.43. The largest absolute Gasteiger partial charge is 0.345 e. The summed E-state index contributed by atoms with van der Waals surface area (Å²) in [6.07, 6.45) is 0.204. The summed E-state index contributed by atoms with van der Waals surface area (Å²) >= 11 is 11.0. The molecule has 7 heteroatoms. The Hall–Kier alpha value is -2.44. The van der Waals surface area contributed by atoms with E-state index in [4.69, 9.17) is 23.8 Å². The summed E-state index contributed by atoms with van der Waals surface area (Å²) in [7, 11) is 3.39. The monoisotopic (exact) mass is 375 g/mol. The molecule has 5 nitrogen and oxygen atoms in total. The molecule has 0 heterocycles. The average molecular weight is 376 g/mol. The normalized spacial score (nSPS) is 10.0. The number of anilines is 1. The Balaban J connectivity index is 1.88. The number of nitrogens with one attached hydrogen (secondary N) is 2. The van der Waals surface area contributed by atoms with Crippen LogP contribution in [0.5, 0.6) is 0 Å². The Morgan fingerprint density at radius 3 is 2.20 bits per heavy atom. The molecule has 130 valence electrons. The van der Waals surface area contributed by atoms with Gasteiger partial charge < -0.3 is 15.5 Å². The van der Waals surface area contributed by atoms with Gasteiger partial charge in [-0.1, -0.05) is 23.7 Å². The number of hydrogen-bond donors (Lipinski definition) is 2. The van der Waals surface area contributed by atoms with Gasteiger partial charge in [-0.2, -0.15) is 0 Å². The van der Waals surface area contributed by atoms with Gasteiger partial charge >= 0.3 is 0 Å². The van der Waals surface area contributed by atoms with E-state index in [9.17, 15) is 9.59 Å². The Labute approximate surface area is 157 Å². The first-order valence-corrected chi connectivity index (χ1v) is 8.31. The Kier molecular flexibility index (Phi) is 6.50. The maximum Gasteiger partial charge on any atom is 0.253 e. The number of amides is 2. The molecular formula is C18H18ClN3O2S. The van der Waals surface area contributed by atoms with Crippen molar-refractivity contribution in [3.05, 3.63) is 64.7 Å². The lowest BCUT2D eigenvalue weighted by atomic mass is 10.1. The second-order valence-electron chi connectivity index (χ2n) is 5.58. The van der Waals surface area contributed by atoms with Gasteiger partial charge in [0.2, 0.25) is 5.91 Å². The number of benzene rings is 2. The molecule has 0 radical (unpaired) electrons. The smallest absolute Gasteiger partial charge is 0.253 e. The summed E-state index contributed by atoms with van der Waals surface area (Å²) in [5.74, 6) is -0.301. The van der Waals surface area contributed by atoms with E-state index in [0.717, 1.165) is 5.56 Å². The van der Waals surface area contributed by atoms with Gasteiger partial charge in [0.1, 0.15) is 0 Å². The third-order valence-corrected chi connectivity index (χ3v) is 3.78. The predicted molar refractivity (Wildman–Crippen MR) is 104 cm³/mol. The Morgan fingerprint density at radius 2 is 1.64 bits per heavy atom. The van der Waals surface area contributed by atoms with E-state index in [2.05, 4.69) is 10.6 Å². The molecule has 2 aromatic rings. The third-order valence-electron chi connectivity index (χ3n) is 3.33. The maximum absolute atomic E-state index is 12.0. The topological polar surface area (TPSA) is 61.4 Å². The van der Waals surface area contributed by atoms with Gasteiger partial charge in [-0.15, -0.1) is 0 Å². The minimum absolute atomic E-state index is 0.0783.